The number of ether oxygens (including phenoxy) is 1. The lowest BCUT2D eigenvalue weighted by Gasteiger charge is -2.22. The molecule has 3 aromatic carbocycles. The number of benzene rings is 3. The predicted molar refractivity (Wildman–Crippen MR) is 122 cm³/mol. The maximum Gasteiger partial charge on any atom is 0.264 e. The molecule has 0 aliphatic carbocycles. The first-order valence-corrected chi connectivity index (χ1v) is 11.2. The Labute approximate surface area is 183 Å². The maximum absolute atomic E-state index is 13.0. The van der Waals surface area contributed by atoms with Gasteiger partial charge in [-0.25, -0.2) is 8.42 Å². The third kappa shape index (κ3) is 5.06. The normalized spacial score (nSPS) is 11.1. The van der Waals surface area contributed by atoms with Crippen molar-refractivity contribution < 1.29 is 17.9 Å². The lowest BCUT2D eigenvalue weighted by Crippen LogP contribution is -2.27. The number of methoxy groups -OCH3 is 1. The molecule has 0 heterocycles. The molecule has 0 aliphatic rings. The van der Waals surface area contributed by atoms with Gasteiger partial charge in [-0.15, -0.1) is 0 Å². The number of sulfonamides is 1. The van der Waals surface area contributed by atoms with E-state index in [0.29, 0.717) is 23.4 Å². The summed E-state index contributed by atoms with van der Waals surface area (Å²) in [4.78, 5) is 12.8. The Morgan fingerprint density at radius 2 is 1.71 bits per heavy atom. The molecule has 1 N–H and O–H groups in total. The Kier molecular flexibility index (Phi) is 6.65. The van der Waals surface area contributed by atoms with Crippen LogP contribution in [0.5, 0.6) is 5.75 Å². The van der Waals surface area contributed by atoms with Gasteiger partial charge in [-0.2, -0.15) is 0 Å². The first-order chi connectivity index (χ1) is 14.7. The van der Waals surface area contributed by atoms with Crippen molar-refractivity contribution in [1.29, 1.82) is 0 Å². The molecule has 0 aromatic heterocycles. The highest BCUT2D eigenvalue weighted by atomic mass is 32.2. The molecule has 0 radical (unpaired) electrons. The van der Waals surface area contributed by atoms with Crippen LogP contribution in [0.15, 0.2) is 71.6 Å². The van der Waals surface area contributed by atoms with Gasteiger partial charge in [0.15, 0.2) is 0 Å². The van der Waals surface area contributed by atoms with Crippen molar-refractivity contribution in [3.05, 3.63) is 89.0 Å². The van der Waals surface area contributed by atoms with Crippen LogP contribution < -0.4 is 14.4 Å². The summed E-state index contributed by atoms with van der Waals surface area (Å²) in [5.74, 6) is 0.492. The van der Waals surface area contributed by atoms with E-state index in [9.17, 15) is 13.2 Å². The molecule has 31 heavy (non-hydrogen) atoms. The van der Waals surface area contributed by atoms with E-state index >= 15 is 0 Å². The number of aryl methyl sites for hydroxylation is 2. The number of anilines is 1. The summed E-state index contributed by atoms with van der Waals surface area (Å²) >= 11 is 0. The number of nitrogens with zero attached hydrogens (tertiary/aromatic N) is 1. The number of carbonyl (C=O) groups is 1. The highest BCUT2D eigenvalue weighted by Crippen LogP contribution is 2.26. The van der Waals surface area contributed by atoms with Gasteiger partial charge in [0.05, 0.1) is 17.7 Å². The van der Waals surface area contributed by atoms with Crippen LogP contribution in [-0.4, -0.2) is 28.5 Å². The fourth-order valence-electron chi connectivity index (χ4n) is 3.21. The van der Waals surface area contributed by atoms with E-state index in [0.717, 1.165) is 16.9 Å². The monoisotopic (exact) mass is 438 g/mol. The zero-order valence-corrected chi connectivity index (χ0v) is 18.9. The molecule has 0 saturated carbocycles. The number of carbonyl (C=O) groups excluding carboxylic acids is 1. The molecule has 0 aliphatic heterocycles. The summed E-state index contributed by atoms with van der Waals surface area (Å²) in [5.41, 5.74) is 3.58. The van der Waals surface area contributed by atoms with Crippen LogP contribution in [0.1, 0.15) is 27.0 Å². The fourth-order valence-corrected chi connectivity index (χ4v) is 4.47. The SMILES string of the molecule is COc1cccc(CNC(=O)c2ccc(N(C)S(=O)(=O)c3ccc(C)cc3)c(C)c2)c1. The van der Waals surface area contributed by atoms with Gasteiger partial charge in [0, 0.05) is 19.2 Å². The van der Waals surface area contributed by atoms with Gasteiger partial charge < -0.3 is 10.1 Å². The Morgan fingerprint density at radius 3 is 2.35 bits per heavy atom. The van der Waals surface area contributed by atoms with E-state index in [1.54, 1.807) is 56.5 Å². The fraction of sp³-hybridized carbons (Fsp3) is 0.208. The highest BCUT2D eigenvalue weighted by Gasteiger charge is 2.23. The predicted octanol–water partition coefficient (Wildman–Crippen LogP) is 4.07. The quantitative estimate of drug-likeness (QED) is 0.603. The Bertz CT molecular complexity index is 1190. The minimum absolute atomic E-state index is 0.222. The van der Waals surface area contributed by atoms with Gasteiger partial charge >= 0.3 is 0 Å². The van der Waals surface area contributed by atoms with E-state index in [4.69, 9.17) is 4.74 Å². The Balaban J connectivity index is 1.75. The second-order valence-electron chi connectivity index (χ2n) is 7.32. The summed E-state index contributed by atoms with van der Waals surface area (Å²) in [6.07, 6.45) is 0. The average molecular weight is 439 g/mol. The van der Waals surface area contributed by atoms with E-state index in [1.165, 1.54) is 11.4 Å². The van der Waals surface area contributed by atoms with Crippen LogP contribution in [0.2, 0.25) is 0 Å². The topological polar surface area (TPSA) is 75.7 Å². The number of hydrogen-bond donors (Lipinski definition) is 1. The first-order valence-electron chi connectivity index (χ1n) is 9.80. The smallest absolute Gasteiger partial charge is 0.264 e. The van der Waals surface area contributed by atoms with Crippen LogP contribution in [0.25, 0.3) is 0 Å². The minimum atomic E-state index is -3.70. The Morgan fingerprint density at radius 1 is 1.00 bits per heavy atom. The average Bonchev–Trinajstić information content (AvgIpc) is 2.77. The van der Waals surface area contributed by atoms with E-state index in [2.05, 4.69) is 5.32 Å². The van der Waals surface area contributed by atoms with Crippen molar-refractivity contribution >= 4 is 21.6 Å². The molecule has 6 nitrogen and oxygen atoms in total. The summed E-state index contributed by atoms with van der Waals surface area (Å²) in [7, 11) is -0.587. The third-order valence-corrected chi connectivity index (χ3v) is 6.85. The number of nitrogens with one attached hydrogen (secondary N) is 1. The van der Waals surface area contributed by atoms with Crippen LogP contribution >= 0.6 is 0 Å². The summed E-state index contributed by atoms with van der Waals surface area (Å²) in [6.45, 7) is 4.05. The van der Waals surface area contributed by atoms with Gasteiger partial charge in [-0.3, -0.25) is 9.10 Å². The second-order valence-corrected chi connectivity index (χ2v) is 9.29. The molecule has 3 rings (SSSR count). The van der Waals surface area contributed by atoms with Gasteiger partial charge in [0.25, 0.3) is 15.9 Å². The molecule has 0 bridgehead atoms. The van der Waals surface area contributed by atoms with Crippen molar-refractivity contribution in [3.8, 4) is 5.75 Å². The molecule has 162 valence electrons. The molecule has 0 spiro atoms. The summed E-state index contributed by atoms with van der Waals surface area (Å²) < 4.78 is 32.4. The van der Waals surface area contributed by atoms with E-state index in [1.807, 2.05) is 31.2 Å². The summed E-state index contributed by atoms with van der Waals surface area (Å²) in [6, 6.07) is 19.2. The largest absolute Gasteiger partial charge is 0.497 e. The molecule has 3 aromatic rings. The zero-order valence-electron chi connectivity index (χ0n) is 18.0. The highest BCUT2D eigenvalue weighted by molar-refractivity contribution is 7.92. The van der Waals surface area contributed by atoms with Crippen molar-refractivity contribution in [2.45, 2.75) is 25.3 Å². The van der Waals surface area contributed by atoms with Crippen LogP contribution in [0, 0.1) is 13.8 Å². The number of hydrogen-bond acceptors (Lipinski definition) is 4. The molecular weight excluding hydrogens is 412 g/mol. The molecule has 0 fully saturated rings. The summed E-state index contributed by atoms with van der Waals surface area (Å²) in [5, 5.41) is 2.88. The van der Waals surface area contributed by atoms with Gasteiger partial charge in [0.2, 0.25) is 0 Å². The maximum atomic E-state index is 13.0. The second kappa shape index (κ2) is 9.22. The molecule has 0 unspecified atom stereocenters. The molecule has 1 amide bonds. The molecule has 0 atom stereocenters. The minimum Gasteiger partial charge on any atom is -0.497 e. The Hall–Kier alpha value is -3.32. The molecule has 0 saturated heterocycles. The van der Waals surface area contributed by atoms with E-state index in [-0.39, 0.29) is 10.8 Å². The van der Waals surface area contributed by atoms with Gasteiger partial charge in [-0.1, -0.05) is 29.8 Å². The van der Waals surface area contributed by atoms with Crippen LogP contribution in [0.3, 0.4) is 0 Å². The standard InChI is InChI=1S/C24H26N2O4S/c1-17-8-11-22(12-9-17)31(28,29)26(3)23-13-10-20(14-18(23)2)24(27)25-16-19-6-5-7-21(15-19)30-4/h5-15H,16H2,1-4H3,(H,25,27). The first kappa shape index (κ1) is 22.4. The van der Waals surface area contributed by atoms with Crippen molar-refractivity contribution in [1.82, 2.24) is 5.32 Å². The molecule has 7 heteroatoms. The third-order valence-electron chi connectivity index (χ3n) is 5.06. The van der Waals surface area contributed by atoms with Gasteiger partial charge in [-0.05, 0) is 67.4 Å². The zero-order chi connectivity index (χ0) is 22.6. The van der Waals surface area contributed by atoms with Crippen LogP contribution in [-0.2, 0) is 16.6 Å². The van der Waals surface area contributed by atoms with E-state index < -0.39 is 10.0 Å². The van der Waals surface area contributed by atoms with Crippen LogP contribution in [0.4, 0.5) is 5.69 Å². The lowest BCUT2D eigenvalue weighted by molar-refractivity contribution is 0.0951. The van der Waals surface area contributed by atoms with Crippen molar-refractivity contribution in [2.75, 3.05) is 18.5 Å². The van der Waals surface area contributed by atoms with Crippen molar-refractivity contribution in [2.24, 2.45) is 0 Å². The van der Waals surface area contributed by atoms with Gasteiger partial charge in [0.1, 0.15) is 5.75 Å². The lowest BCUT2D eigenvalue weighted by atomic mass is 10.1. The molecular formula is C24H26N2O4S. The number of amides is 1. The van der Waals surface area contributed by atoms with Crippen molar-refractivity contribution in [3.63, 3.8) is 0 Å². The number of rotatable bonds is 7.